The Hall–Kier alpha value is -3.98. The van der Waals surface area contributed by atoms with Crippen LogP contribution in [0, 0.1) is 0 Å². The summed E-state index contributed by atoms with van der Waals surface area (Å²) in [5, 5.41) is 3.66. The first-order valence-corrected chi connectivity index (χ1v) is 11.3. The van der Waals surface area contributed by atoms with Crippen LogP contribution in [0.1, 0.15) is 36.5 Å². The van der Waals surface area contributed by atoms with Crippen molar-refractivity contribution in [3.8, 4) is 11.5 Å². The predicted octanol–water partition coefficient (Wildman–Crippen LogP) is 3.99. The predicted molar refractivity (Wildman–Crippen MR) is 133 cm³/mol. The first-order chi connectivity index (χ1) is 16.8. The van der Waals surface area contributed by atoms with Crippen LogP contribution >= 0.6 is 11.6 Å². The number of nitrogens with two attached hydrogens (primary N) is 1. The molecule has 0 bridgehead atoms. The molecule has 1 aliphatic heterocycles. The van der Waals surface area contributed by atoms with Gasteiger partial charge in [-0.15, -0.1) is 0 Å². The van der Waals surface area contributed by atoms with Gasteiger partial charge in [0.25, 0.3) is 0 Å². The third-order valence-electron chi connectivity index (χ3n) is 5.61. The summed E-state index contributed by atoms with van der Waals surface area (Å²) in [7, 11) is 1.53. The summed E-state index contributed by atoms with van der Waals surface area (Å²) in [4.78, 5) is 31.4. The van der Waals surface area contributed by atoms with Crippen molar-refractivity contribution in [1.29, 1.82) is 0 Å². The number of aromatic amines is 1. The van der Waals surface area contributed by atoms with E-state index in [0.717, 1.165) is 5.56 Å². The van der Waals surface area contributed by atoms with Crippen molar-refractivity contribution in [2.45, 2.75) is 26.4 Å². The second-order valence-corrected chi connectivity index (χ2v) is 8.30. The Morgan fingerprint density at radius 1 is 1.17 bits per heavy atom. The molecular weight excluding hydrogens is 472 g/mol. The van der Waals surface area contributed by atoms with Crippen molar-refractivity contribution in [3.63, 3.8) is 0 Å². The fourth-order valence-corrected chi connectivity index (χ4v) is 4.16. The van der Waals surface area contributed by atoms with Gasteiger partial charge in [0.2, 0.25) is 0 Å². The molecule has 35 heavy (non-hydrogen) atoms. The Balaban J connectivity index is 1.76. The van der Waals surface area contributed by atoms with Gasteiger partial charge in [0.05, 0.1) is 25.2 Å². The van der Waals surface area contributed by atoms with Gasteiger partial charge in [-0.2, -0.15) is 4.98 Å². The van der Waals surface area contributed by atoms with Gasteiger partial charge in [-0.3, -0.25) is 4.98 Å². The normalized spacial score (nSPS) is 14.7. The number of halogens is 1. The smallest absolute Gasteiger partial charge is 0.348 e. The van der Waals surface area contributed by atoms with Crippen LogP contribution in [0.5, 0.6) is 11.5 Å². The molecular formula is C25H25ClN4O5. The number of benzene rings is 2. The monoisotopic (exact) mass is 496 g/mol. The number of esters is 1. The first kappa shape index (κ1) is 24.2. The number of nitrogens with zero attached hydrogens (tertiary/aromatic N) is 1. The summed E-state index contributed by atoms with van der Waals surface area (Å²) in [5.74, 6) is 0.215. The third kappa shape index (κ3) is 4.95. The van der Waals surface area contributed by atoms with Crippen LogP contribution in [-0.4, -0.2) is 29.7 Å². The largest absolute Gasteiger partial charge is 0.493 e. The van der Waals surface area contributed by atoms with Gasteiger partial charge in [0.1, 0.15) is 18.2 Å². The average Bonchev–Trinajstić information content (AvgIpc) is 2.82. The molecule has 1 aliphatic rings. The average molecular weight is 497 g/mol. The zero-order chi connectivity index (χ0) is 25.1. The molecule has 4 N–H and O–H groups in total. The quantitative estimate of drug-likeness (QED) is 0.419. The molecule has 1 aromatic heterocycles. The van der Waals surface area contributed by atoms with Crippen LogP contribution < -0.4 is 26.2 Å². The topological polar surface area (TPSA) is 129 Å². The number of fused-ring (bicyclic) bond motifs is 1. The molecule has 0 amide bonds. The van der Waals surface area contributed by atoms with Crippen molar-refractivity contribution >= 4 is 29.2 Å². The summed E-state index contributed by atoms with van der Waals surface area (Å²) >= 11 is 5.95. The molecule has 0 saturated carbocycles. The highest BCUT2D eigenvalue weighted by Gasteiger charge is 2.36. The number of aromatic nitrogens is 2. The minimum atomic E-state index is -0.658. The van der Waals surface area contributed by atoms with E-state index in [1.54, 1.807) is 38.1 Å². The van der Waals surface area contributed by atoms with Crippen LogP contribution in [0.25, 0.3) is 0 Å². The van der Waals surface area contributed by atoms with E-state index < -0.39 is 17.6 Å². The van der Waals surface area contributed by atoms with Gasteiger partial charge in [-0.1, -0.05) is 29.8 Å². The van der Waals surface area contributed by atoms with E-state index >= 15 is 0 Å². The number of methoxy groups -OCH3 is 1. The van der Waals surface area contributed by atoms with Crippen LogP contribution in [0.15, 0.2) is 58.5 Å². The molecule has 10 heteroatoms. The number of nitrogen functional groups attached to an aromatic ring is 1. The van der Waals surface area contributed by atoms with Crippen molar-refractivity contribution in [2.75, 3.05) is 24.8 Å². The maximum atomic E-state index is 13.0. The minimum Gasteiger partial charge on any atom is -0.493 e. The lowest BCUT2D eigenvalue weighted by molar-refractivity contribution is -0.138. The molecule has 0 aliphatic carbocycles. The summed E-state index contributed by atoms with van der Waals surface area (Å²) in [6.07, 6.45) is 0. The van der Waals surface area contributed by atoms with Gasteiger partial charge in [0.15, 0.2) is 11.5 Å². The lowest BCUT2D eigenvalue weighted by Crippen LogP contribution is -2.29. The fourth-order valence-electron chi connectivity index (χ4n) is 4.03. The molecule has 0 radical (unpaired) electrons. The van der Waals surface area contributed by atoms with Crippen LogP contribution in [0.3, 0.4) is 0 Å². The van der Waals surface area contributed by atoms with E-state index in [-0.39, 0.29) is 18.2 Å². The Morgan fingerprint density at radius 2 is 1.91 bits per heavy atom. The highest BCUT2D eigenvalue weighted by Crippen LogP contribution is 2.45. The Labute approximate surface area is 206 Å². The number of H-pyrrole nitrogens is 1. The maximum absolute atomic E-state index is 13.0. The Bertz CT molecular complexity index is 1350. The van der Waals surface area contributed by atoms with Gasteiger partial charge >= 0.3 is 11.7 Å². The first-order valence-electron chi connectivity index (χ1n) is 10.9. The number of hydrogen-bond donors (Lipinski definition) is 3. The molecule has 0 fully saturated rings. The van der Waals surface area contributed by atoms with Crippen LogP contribution in [0.4, 0.5) is 11.6 Å². The van der Waals surface area contributed by atoms with E-state index in [2.05, 4.69) is 15.3 Å². The summed E-state index contributed by atoms with van der Waals surface area (Å²) in [6.45, 7) is 3.97. The van der Waals surface area contributed by atoms with Gasteiger partial charge in [-0.05, 0) is 49.2 Å². The highest BCUT2D eigenvalue weighted by molar-refractivity contribution is 6.30. The number of anilines is 2. The van der Waals surface area contributed by atoms with E-state index in [4.69, 9.17) is 31.5 Å². The van der Waals surface area contributed by atoms with Crippen LogP contribution in [0.2, 0.25) is 5.02 Å². The van der Waals surface area contributed by atoms with E-state index in [1.165, 1.54) is 7.11 Å². The molecule has 3 aromatic rings. The van der Waals surface area contributed by atoms with Crippen LogP contribution in [-0.2, 0) is 16.1 Å². The van der Waals surface area contributed by atoms with Gasteiger partial charge in [0, 0.05) is 16.3 Å². The van der Waals surface area contributed by atoms with Gasteiger partial charge in [-0.25, -0.2) is 9.59 Å². The zero-order valence-electron chi connectivity index (χ0n) is 19.5. The number of rotatable bonds is 7. The van der Waals surface area contributed by atoms with Crippen molar-refractivity contribution in [3.05, 3.63) is 85.9 Å². The highest BCUT2D eigenvalue weighted by atomic mass is 35.5. The number of carbonyl (C=O) groups is 1. The number of ether oxygens (including phenoxy) is 3. The maximum Gasteiger partial charge on any atom is 0.348 e. The molecule has 0 saturated heterocycles. The number of nitrogens with one attached hydrogen (secondary N) is 2. The lowest BCUT2D eigenvalue weighted by Gasteiger charge is -2.30. The summed E-state index contributed by atoms with van der Waals surface area (Å²) in [6, 6.07) is 12.7. The number of allylic oxidation sites excluding steroid dienone is 1. The number of hydrogen-bond acceptors (Lipinski definition) is 8. The second kappa shape index (κ2) is 10.1. The SMILES string of the molecule is CCOC(=O)C1=C(C)Nc2nc(=O)[nH]c(N)c2C1c1ccc(OCc2ccc(Cl)cc2)c(OC)c1. The van der Waals surface area contributed by atoms with Crippen molar-refractivity contribution < 1.29 is 19.0 Å². The molecule has 4 rings (SSSR count). The number of carbonyl (C=O) groups excluding carboxylic acids is 1. The molecule has 1 unspecified atom stereocenters. The van der Waals surface area contributed by atoms with E-state index in [1.807, 2.05) is 18.2 Å². The van der Waals surface area contributed by atoms with E-state index in [9.17, 15) is 9.59 Å². The molecule has 182 valence electrons. The lowest BCUT2D eigenvalue weighted by atomic mass is 9.81. The van der Waals surface area contributed by atoms with Crippen molar-refractivity contribution in [2.24, 2.45) is 0 Å². The minimum absolute atomic E-state index is 0.105. The standard InChI is InChI=1S/C25H25ClN4O5/c1-4-34-24(31)19-13(2)28-23-21(22(27)29-25(32)30-23)20(19)15-7-10-17(18(11-15)33-3)35-12-14-5-8-16(26)9-6-14/h5-11,20H,4,12H2,1-3H3,(H4,27,28,29,30,32). The molecule has 2 aromatic carbocycles. The fraction of sp³-hybridized carbons (Fsp3) is 0.240. The van der Waals surface area contributed by atoms with Gasteiger partial charge < -0.3 is 25.3 Å². The molecule has 9 nitrogen and oxygen atoms in total. The van der Waals surface area contributed by atoms with Crippen molar-refractivity contribution in [1.82, 2.24) is 9.97 Å². The summed E-state index contributed by atoms with van der Waals surface area (Å²) < 4.78 is 16.9. The Morgan fingerprint density at radius 3 is 2.60 bits per heavy atom. The zero-order valence-corrected chi connectivity index (χ0v) is 20.2. The second-order valence-electron chi connectivity index (χ2n) is 7.86. The molecule has 2 heterocycles. The molecule has 1 atom stereocenters. The van der Waals surface area contributed by atoms with E-state index in [0.29, 0.717) is 45.5 Å². The Kier molecular flexibility index (Phi) is 6.97. The third-order valence-corrected chi connectivity index (χ3v) is 5.86. The summed E-state index contributed by atoms with van der Waals surface area (Å²) in [5.41, 5.74) is 8.58. The molecule has 0 spiro atoms.